The fraction of sp³-hybridized carbons (Fsp3) is 0.182. The minimum absolute atomic E-state index is 0.247. The van der Waals surface area contributed by atoms with Gasteiger partial charge in [-0.2, -0.15) is 0 Å². The van der Waals surface area contributed by atoms with Crippen LogP contribution in [0.2, 0.25) is 5.02 Å². The quantitative estimate of drug-likeness (QED) is 0.537. The van der Waals surface area contributed by atoms with Crippen LogP contribution in [0.1, 0.15) is 16.7 Å². The maximum Gasteiger partial charge on any atom is 0.124 e. The maximum absolute atomic E-state index is 13.0. The Morgan fingerprint density at radius 2 is 1.65 bits per heavy atom. The van der Waals surface area contributed by atoms with E-state index in [1.54, 1.807) is 12.1 Å². The van der Waals surface area contributed by atoms with Crippen molar-refractivity contribution in [2.24, 2.45) is 0 Å². The molecule has 0 saturated carbocycles. The van der Waals surface area contributed by atoms with Crippen LogP contribution in [0.4, 0.5) is 4.39 Å². The summed E-state index contributed by atoms with van der Waals surface area (Å²) in [7, 11) is 0. The van der Waals surface area contributed by atoms with Crippen LogP contribution in [0.5, 0.6) is 5.75 Å². The van der Waals surface area contributed by atoms with Crippen molar-refractivity contribution in [3.05, 3.63) is 100 Å². The van der Waals surface area contributed by atoms with Gasteiger partial charge in [0.2, 0.25) is 0 Å². The number of nitrogens with one attached hydrogen (secondary N) is 1. The molecule has 2 nitrogen and oxygen atoms in total. The first-order valence-electron chi connectivity index (χ1n) is 8.61. The van der Waals surface area contributed by atoms with E-state index in [1.807, 2.05) is 36.4 Å². The molecule has 3 rings (SSSR count). The first-order valence-corrected chi connectivity index (χ1v) is 8.99. The van der Waals surface area contributed by atoms with E-state index < -0.39 is 0 Å². The normalized spacial score (nSPS) is 10.7. The largest absolute Gasteiger partial charge is 0.489 e. The van der Waals surface area contributed by atoms with Crippen molar-refractivity contribution in [1.29, 1.82) is 0 Å². The number of hydrogen-bond donors (Lipinski definition) is 1. The van der Waals surface area contributed by atoms with Gasteiger partial charge >= 0.3 is 0 Å². The zero-order chi connectivity index (χ0) is 18.2. The van der Waals surface area contributed by atoms with Crippen LogP contribution in [0.25, 0.3) is 0 Å². The van der Waals surface area contributed by atoms with Crippen molar-refractivity contribution < 1.29 is 9.13 Å². The van der Waals surface area contributed by atoms with Crippen molar-refractivity contribution in [2.45, 2.75) is 19.6 Å². The van der Waals surface area contributed by atoms with Crippen LogP contribution in [0, 0.1) is 5.82 Å². The molecule has 4 heteroatoms. The summed E-state index contributed by atoms with van der Waals surface area (Å²) in [5.41, 5.74) is 3.23. The Balaban J connectivity index is 1.56. The summed E-state index contributed by atoms with van der Waals surface area (Å²) < 4.78 is 18.9. The third-order valence-electron chi connectivity index (χ3n) is 4.08. The van der Waals surface area contributed by atoms with Crippen LogP contribution < -0.4 is 10.1 Å². The van der Waals surface area contributed by atoms with Crippen LogP contribution in [0.3, 0.4) is 0 Å². The minimum Gasteiger partial charge on any atom is -0.489 e. The van der Waals surface area contributed by atoms with Gasteiger partial charge in [0.25, 0.3) is 0 Å². The fourth-order valence-corrected chi connectivity index (χ4v) is 2.86. The number of ether oxygens (including phenoxy) is 1. The summed E-state index contributed by atoms with van der Waals surface area (Å²) >= 11 is 6.14. The van der Waals surface area contributed by atoms with Gasteiger partial charge in [0.05, 0.1) is 0 Å². The molecule has 3 aromatic rings. The standard InChI is InChI=1S/C22H21ClFNO/c23-20-8-11-22(26-16-18-6-9-21(24)10-7-18)19(14-20)15-25-13-12-17-4-2-1-3-5-17/h1-11,14,25H,12-13,15-16H2. The number of hydrogen-bond acceptors (Lipinski definition) is 2. The molecule has 0 spiro atoms. The van der Waals surface area contributed by atoms with Crippen LogP contribution >= 0.6 is 11.6 Å². The fourth-order valence-electron chi connectivity index (χ4n) is 2.67. The van der Waals surface area contributed by atoms with Gasteiger partial charge in [0.15, 0.2) is 0 Å². The maximum atomic E-state index is 13.0. The van der Waals surface area contributed by atoms with Crippen molar-refractivity contribution in [3.63, 3.8) is 0 Å². The Morgan fingerprint density at radius 3 is 2.42 bits per heavy atom. The Labute approximate surface area is 158 Å². The molecule has 0 unspecified atom stereocenters. The first kappa shape index (κ1) is 18.4. The Bertz CT molecular complexity index is 821. The molecular formula is C22H21ClFNO. The molecule has 0 saturated heterocycles. The summed E-state index contributed by atoms with van der Waals surface area (Å²) in [5, 5.41) is 4.11. The lowest BCUT2D eigenvalue weighted by molar-refractivity contribution is 0.302. The highest BCUT2D eigenvalue weighted by Gasteiger charge is 2.06. The molecule has 0 bridgehead atoms. The van der Waals surface area contributed by atoms with E-state index in [2.05, 4.69) is 17.4 Å². The second-order valence-corrected chi connectivity index (χ2v) is 6.52. The molecule has 0 atom stereocenters. The Kier molecular flexibility index (Phi) is 6.64. The highest BCUT2D eigenvalue weighted by Crippen LogP contribution is 2.24. The molecule has 0 aliphatic heterocycles. The van der Waals surface area contributed by atoms with Crippen molar-refractivity contribution in [3.8, 4) is 5.75 Å². The molecule has 26 heavy (non-hydrogen) atoms. The van der Waals surface area contributed by atoms with Gasteiger partial charge in [-0.3, -0.25) is 0 Å². The SMILES string of the molecule is Fc1ccc(COc2ccc(Cl)cc2CNCCc2ccccc2)cc1. The van der Waals surface area contributed by atoms with Crippen molar-refractivity contribution in [2.75, 3.05) is 6.54 Å². The van der Waals surface area contributed by atoms with Gasteiger partial charge in [-0.05, 0) is 54.4 Å². The topological polar surface area (TPSA) is 21.3 Å². The smallest absolute Gasteiger partial charge is 0.124 e. The summed E-state index contributed by atoms with van der Waals surface area (Å²) in [4.78, 5) is 0. The molecular weight excluding hydrogens is 349 g/mol. The molecule has 3 aromatic carbocycles. The van der Waals surface area contributed by atoms with Crippen LogP contribution in [0.15, 0.2) is 72.8 Å². The Morgan fingerprint density at radius 1 is 0.885 bits per heavy atom. The second kappa shape index (κ2) is 9.37. The minimum atomic E-state index is -0.247. The molecule has 0 aliphatic carbocycles. The average Bonchev–Trinajstić information content (AvgIpc) is 2.67. The lowest BCUT2D eigenvalue weighted by Gasteiger charge is -2.13. The van der Waals surface area contributed by atoms with E-state index in [9.17, 15) is 4.39 Å². The van der Waals surface area contributed by atoms with Gasteiger partial charge in [-0.15, -0.1) is 0 Å². The number of rotatable bonds is 8. The first-order chi connectivity index (χ1) is 12.7. The highest BCUT2D eigenvalue weighted by molar-refractivity contribution is 6.30. The van der Waals surface area contributed by atoms with Gasteiger partial charge in [-0.25, -0.2) is 4.39 Å². The predicted molar refractivity (Wildman–Crippen MR) is 104 cm³/mol. The predicted octanol–water partition coefficient (Wildman–Crippen LogP) is 5.39. The van der Waals surface area contributed by atoms with E-state index in [0.717, 1.165) is 29.8 Å². The van der Waals surface area contributed by atoms with E-state index >= 15 is 0 Å². The second-order valence-electron chi connectivity index (χ2n) is 6.08. The zero-order valence-corrected chi connectivity index (χ0v) is 15.2. The third-order valence-corrected chi connectivity index (χ3v) is 4.31. The molecule has 0 aliphatic rings. The van der Waals surface area contributed by atoms with Crippen molar-refractivity contribution in [1.82, 2.24) is 5.32 Å². The summed E-state index contributed by atoms with van der Waals surface area (Å²) in [6.07, 6.45) is 0.965. The van der Waals surface area contributed by atoms with Gasteiger partial charge in [0, 0.05) is 17.1 Å². The molecule has 0 radical (unpaired) electrons. The average molecular weight is 370 g/mol. The molecule has 1 N–H and O–H groups in total. The summed E-state index contributed by atoms with van der Waals surface area (Å²) in [5.74, 6) is 0.537. The molecule has 0 aromatic heterocycles. The Hall–Kier alpha value is -2.36. The molecule has 0 amide bonds. The van der Waals surface area contributed by atoms with Crippen molar-refractivity contribution >= 4 is 11.6 Å². The lowest BCUT2D eigenvalue weighted by atomic mass is 10.1. The number of halogens is 2. The molecule has 134 valence electrons. The van der Waals surface area contributed by atoms with Gasteiger partial charge in [0.1, 0.15) is 18.2 Å². The van der Waals surface area contributed by atoms with E-state index in [-0.39, 0.29) is 5.82 Å². The van der Waals surface area contributed by atoms with E-state index in [4.69, 9.17) is 16.3 Å². The van der Waals surface area contributed by atoms with Crippen LogP contribution in [-0.2, 0) is 19.6 Å². The highest BCUT2D eigenvalue weighted by atomic mass is 35.5. The zero-order valence-electron chi connectivity index (χ0n) is 14.4. The van der Waals surface area contributed by atoms with E-state index in [1.165, 1.54) is 17.7 Å². The molecule has 0 fully saturated rings. The third kappa shape index (κ3) is 5.58. The number of benzene rings is 3. The van der Waals surface area contributed by atoms with Gasteiger partial charge in [-0.1, -0.05) is 54.1 Å². The van der Waals surface area contributed by atoms with Crippen LogP contribution in [-0.4, -0.2) is 6.54 Å². The lowest BCUT2D eigenvalue weighted by Crippen LogP contribution is -2.17. The monoisotopic (exact) mass is 369 g/mol. The summed E-state index contributed by atoms with van der Waals surface area (Å²) in [6, 6.07) is 22.3. The summed E-state index contributed by atoms with van der Waals surface area (Å²) in [6.45, 7) is 1.93. The van der Waals surface area contributed by atoms with Gasteiger partial charge < -0.3 is 10.1 Å². The molecule has 0 heterocycles. The van der Waals surface area contributed by atoms with E-state index in [0.29, 0.717) is 18.2 Å².